The number of aromatic amines is 1. The molecular weight excluding hydrogens is 260 g/mol. The summed E-state index contributed by atoms with van der Waals surface area (Å²) in [4.78, 5) is 0. The van der Waals surface area contributed by atoms with Crippen LogP contribution in [-0.4, -0.2) is 10.2 Å². The first-order chi connectivity index (χ1) is 8.86. The van der Waals surface area contributed by atoms with Crippen molar-refractivity contribution in [2.45, 2.75) is 13.1 Å². The van der Waals surface area contributed by atoms with E-state index in [1.54, 1.807) is 6.92 Å². The number of hydrogen-bond donors (Lipinski definition) is 1. The smallest absolute Gasteiger partial charge is 0.282 e. The predicted octanol–water partition coefficient (Wildman–Crippen LogP) is 4.20. The molecule has 1 heterocycles. The molecule has 0 fully saturated rings. The number of nitrogens with one attached hydrogen (secondary N) is 1. The second-order valence-corrected chi connectivity index (χ2v) is 4.05. The minimum absolute atomic E-state index is 0.123. The molecule has 1 aromatic heterocycles. The van der Waals surface area contributed by atoms with Crippen molar-refractivity contribution in [1.82, 2.24) is 10.2 Å². The predicted molar refractivity (Wildman–Crippen MR) is 63.7 cm³/mol. The highest BCUT2D eigenvalue weighted by Gasteiger charge is 2.29. The highest BCUT2D eigenvalue weighted by molar-refractivity contribution is 5.75. The molecule has 0 saturated carbocycles. The molecular formula is C13H10F4N2. The van der Waals surface area contributed by atoms with Gasteiger partial charge in [-0.2, -0.15) is 18.3 Å². The SMILES string of the molecule is Cc1cc(/C(F)=C/c2ccc(C(F)(F)F)cc2)n[nH]1. The molecule has 100 valence electrons. The fraction of sp³-hybridized carbons (Fsp3) is 0.154. The van der Waals surface area contributed by atoms with Gasteiger partial charge in [-0.25, -0.2) is 4.39 Å². The Kier molecular flexibility index (Phi) is 3.42. The maximum absolute atomic E-state index is 13.7. The fourth-order valence-corrected chi connectivity index (χ4v) is 1.53. The third-order valence-corrected chi connectivity index (χ3v) is 2.48. The van der Waals surface area contributed by atoms with Crippen molar-refractivity contribution in [3.05, 3.63) is 52.8 Å². The van der Waals surface area contributed by atoms with Crippen molar-refractivity contribution in [3.63, 3.8) is 0 Å². The molecule has 0 unspecified atom stereocenters. The van der Waals surface area contributed by atoms with Crippen LogP contribution in [0.3, 0.4) is 0 Å². The maximum atomic E-state index is 13.7. The number of alkyl halides is 3. The Morgan fingerprint density at radius 3 is 2.32 bits per heavy atom. The largest absolute Gasteiger partial charge is 0.416 e. The van der Waals surface area contributed by atoms with Crippen molar-refractivity contribution < 1.29 is 17.6 Å². The topological polar surface area (TPSA) is 28.7 Å². The first-order valence-electron chi connectivity index (χ1n) is 5.43. The van der Waals surface area contributed by atoms with Gasteiger partial charge in [0.2, 0.25) is 0 Å². The van der Waals surface area contributed by atoms with Gasteiger partial charge in [0, 0.05) is 5.69 Å². The summed E-state index contributed by atoms with van der Waals surface area (Å²) in [5.41, 5.74) is 0.398. The molecule has 19 heavy (non-hydrogen) atoms. The molecule has 1 N–H and O–H groups in total. The van der Waals surface area contributed by atoms with Crippen LogP contribution in [0.5, 0.6) is 0 Å². The van der Waals surface area contributed by atoms with Crippen molar-refractivity contribution in [2.75, 3.05) is 0 Å². The van der Waals surface area contributed by atoms with Crippen LogP contribution < -0.4 is 0 Å². The van der Waals surface area contributed by atoms with Gasteiger partial charge >= 0.3 is 6.18 Å². The number of hydrogen-bond acceptors (Lipinski definition) is 1. The molecule has 2 rings (SSSR count). The fourth-order valence-electron chi connectivity index (χ4n) is 1.53. The van der Waals surface area contributed by atoms with Gasteiger partial charge in [0.25, 0.3) is 0 Å². The summed E-state index contributed by atoms with van der Waals surface area (Å²) in [6.07, 6.45) is -3.25. The quantitative estimate of drug-likeness (QED) is 0.814. The summed E-state index contributed by atoms with van der Waals surface area (Å²) in [6, 6.07) is 5.75. The van der Waals surface area contributed by atoms with E-state index in [9.17, 15) is 17.6 Å². The van der Waals surface area contributed by atoms with Crippen LogP contribution in [0, 0.1) is 6.92 Å². The number of aromatic nitrogens is 2. The maximum Gasteiger partial charge on any atom is 0.416 e. The zero-order valence-electron chi connectivity index (χ0n) is 9.92. The summed E-state index contributed by atoms with van der Waals surface area (Å²) in [7, 11) is 0. The van der Waals surface area contributed by atoms with E-state index in [0.29, 0.717) is 11.3 Å². The zero-order valence-corrected chi connectivity index (χ0v) is 9.92. The summed E-state index contributed by atoms with van der Waals surface area (Å²) >= 11 is 0. The molecule has 0 aliphatic rings. The summed E-state index contributed by atoms with van der Waals surface area (Å²) in [5.74, 6) is -0.607. The van der Waals surface area contributed by atoms with Gasteiger partial charge in [-0.15, -0.1) is 0 Å². The number of halogens is 4. The zero-order chi connectivity index (χ0) is 14.0. The number of rotatable bonds is 2. The Morgan fingerprint density at radius 1 is 1.21 bits per heavy atom. The molecule has 0 atom stereocenters. The second-order valence-electron chi connectivity index (χ2n) is 4.05. The normalized spacial score (nSPS) is 12.8. The number of nitrogens with zero attached hydrogens (tertiary/aromatic N) is 1. The van der Waals surface area contributed by atoms with Crippen LogP contribution >= 0.6 is 0 Å². The summed E-state index contributed by atoms with van der Waals surface area (Å²) in [5, 5.41) is 6.31. The second kappa shape index (κ2) is 4.87. The van der Waals surface area contributed by atoms with Crippen molar-refractivity contribution >= 4 is 11.9 Å². The van der Waals surface area contributed by atoms with Gasteiger partial charge in [0.05, 0.1) is 5.56 Å². The van der Waals surface area contributed by atoms with Crippen LogP contribution in [-0.2, 0) is 6.18 Å². The summed E-state index contributed by atoms with van der Waals surface area (Å²) < 4.78 is 50.8. The molecule has 0 aliphatic carbocycles. The monoisotopic (exact) mass is 270 g/mol. The van der Waals surface area contributed by atoms with Crippen LogP contribution in [0.1, 0.15) is 22.5 Å². The van der Waals surface area contributed by atoms with E-state index in [0.717, 1.165) is 18.2 Å². The Morgan fingerprint density at radius 2 is 1.84 bits per heavy atom. The highest BCUT2D eigenvalue weighted by atomic mass is 19.4. The van der Waals surface area contributed by atoms with E-state index in [4.69, 9.17) is 0 Å². The Labute approximate surface area is 106 Å². The lowest BCUT2D eigenvalue weighted by Crippen LogP contribution is -2.03. The molecule has 0 aliphatic heterocycles. The molecule has 0 spiro atoms. The lowest BCUT2D eigenvalue weighted by atomic mass is 10.1. The van der Waals surface area contributed by atoms with Crippen molar-refractivity contribution in [3.8, 4) is 0 Å². The number of H-pyrrole nitrogens is 1. The third kappa shape index (κ3) is 3.21. The molecule has 1 aromatic carbocycles. The lowest BCUT2D eigenvalue weighted by molar-refractivity contribution is -0.137. The van der Waals surface area contributed by atoms with Crippen LogP contribution in [0.4, 0.5) is 17.6 Å². The Bertz CT molecular complexity index is 594. The van der Waals surface area contributed by atoms with E-state index < -0.39 is 17.6 Å². The van der Waals surface area contributed by atoms with E-state index in [2.05, 4.69) is 10.2 Å². The first kappa shape index (κ1) is 13.3. The minimum Gasteiger partial charge on any atom is -0.282 e. The Hall–Kier alpha value is -2.11. The van der Waals surface area contributed by atoms with E-state index in [1.165, 1.54) is 18.2 Å². The average molecular weight is 270 g/mol. The molecule has 2 nitrogen and oxygen atoms in total. The number of benzene rings is 1. The van der Waals surface area contributed by atoms with Gasteiger partial charge in [-0.05, 0) is 36.8 Å². The van der Waals surface area contributed by atoms with Gasteiger partial charge in [-0.3, -0.25) is 5.10 Å². The molecule has 0 radical (unpaired) electrons. The van der Waals surface area contributed by atoms with Gasteiger partial charge in [-0.1, -0.05) is 12.1 Å². The molecule has 2 aromatic rings. The molecule has 0 amide bonds. The molecule has 0 bridgehead atoms. The van der Waals surface area contributed by atoms with Crippen LogP contribution in [0.2, 0.25) is 0 Å². The standard InChI is InChI=1S/C13H10F4N2/c1-8-6-12(19-18-8)11(14)7-9-2-4-10(5-3-9)13(15,16)17/h2-7H,1H3,(H,18,19)/b11-7-. The van der Waals surface area contributed by atoms with Crippen molar-refractivity contribution in [1.29, 1.82) is 0 Å². The first-order valence-corrected chi connectivity index (χ1v) is 5.43. The number of aryl methyl sites for hydroxylation is 1. The molecule has 6 heteroatoms. The van der Waals surface area contributed by atoms with Gasteiger partial charge < -0.3 is 0 Å². The Balaban J connectivity index is 2.24. The van der Waals surface area contributed by atoms with E-state index in [-0.39, 0.29) is 5.69 Å². The van der Waals surface area contributed by atoms with E-state index >= 15 is 0 Å². The van der Waals surface area contributed by atoms with Crippen LogP contribution in [0.25, 0.3) is 11.9 Å². The van der Waals surface area contributed by atoms with Gasteiger partial charge in [0.1, 0.15) is 5.69 Å². The minimum atomic E-state index is -4.39. The average Bonchev–Trinajstić information content (AvgIpc) is 2.75. The van der Waals surface area contributed by atoms with Crippen molar-refractivity contribution in [2.24, 2.45) is 0 Å². The van der Waals surface area contributed by atoms with Crippen LogP contribution in [0.15, 0.2) is 30.3 Å². The third-order valence-electron chi connectivity index (χ3n) is 2.48. The molecule has 0 saturated heterocycles. The summed E-state index contributed by atoms with van der Waals surface area (Å²) in [6.45, 7) is 1.72. The highest BCUT2D eigenvalue weighted by Crippen LogP contribution is 2.29. The van der Waals surface area contributed by atoms with E-state index in [1.807, 2.05) is 0 Å². The lowest BCUT2D eigenvalue weighted by Gasteiger charge is -2.05. The van der Waals surface area contributed by atoms with Gasteiger partial charge in [0.15, 0.2) is 5.83 Å².